The van der Waals surface area contributed by atoms with Crippen LogP contribution >= 0.6 is 22.9 Å². The molecule has 104 valence electrons. The van der Waals surface area contributed by atoms with Crippen molar-refractivity contribution in [1.82, 2.24) is 5.32 Å². The van der Waals surface area contributed by atoms with Crippen LogP contribution in [-0.4, -0.2) is 17.1 Å². The number of carbonyl (C=O) groups is 1. The Morgan fingerprint density at radius 1 is 1.45 bits per heavy atom. The highest BCUT2D eigenvalue weighted by Crippen LogP contribution is 2.33. The van der Waals surface area contributed by atoms with Gasteiger partial charge in [0.15, 0.2) is 0 Å². The van der Waals surface area contributed by atoms with E-state index in [1.54, 1.807) is 0 Å². The Bertz CT molecular complexity index is 668. The van der Waals surface area contributed by atoms with Gasteiger partial charge in [0.05, 0.1) is 17.2 Å². The molecule has 3 nitrogen and oxygen atoms in total. The maximum absolute atomic E-state index is 12.3. The molecule has 1 aromatic carbocycles. The molecule has 1 aromatic heterocycles. The number of carbonyl (C=O) groups excluding carboxylic acids is 1. The third-order valence-corrected chi connectivity index (χ3v) is 5.29. The minimum Gasteiger partial charge on any atom is -0.390 e. The van der Waals surface area contributed by atoms with Gasteiger partial charge in [-0.15, -0.1) is 11.3 Å². The van der Waals surface area contributed by atoms with E-state index in [4.69, 9.17) is 11.6 Å². The summed E-state index contributed by atoms with van der Waals surface area (Å²) in [6.07, 6.45) is -0.0191. The summed E-state index contributed by atoms with van der Waals surface area (Å²) in [5.41, 5.74) is 2.96. The molecule has 0 fully saturated rings. The summed E-state index contributed by atoms with van der Waals surface area (Å²) in [6, 6.07) is 7.41. The quantitative estimate of drug-likeness (QED) is 0.895. The predicted molar refractivity (Wildman–Crippen MR) is 80.4 cm³/mol. The van der Waals surface area contributed by atoms with Crippen molar-refractivity contribution in [3.8, 4) is 0 Å². The van der Waals surface area contributed by atoms with Gasteiger partial charge in [-0.3, -0.25) is 4.79 Å². The number of hydrogen-bond donors (Lipinski definition) is 2. The fourth-order valence-corrected chi connectivity index (χ4v) is 3.72. The van der Waals surface area contributed by atoms with Crippen molar-refractivity contribution in [1.29, 1.82) is 0 Å². The SMILES string of the molecule is Cc1csc(C(=O)N[C@H]2c3ccccc3C[C@H]2O)c1Cl. The van der Waals surface area contributed by atoms with Gasteiger partial charge in [0.1, 0.15) is 4.88 Å². The van der Waals surface area contributed by atoms with E-state index in [0.717, 1.165) is 16.7 Å². The molecule has 0 spiro atoms. The van der Waals surface area contributed by atoms with Gasteiger partial charge < -0.3 is 10.4 Å². The highest BCUT2D eigenvalue weighted by atomic mass is 35.5. The number of amides is 1. The second kappa shape index (κ2) is 5.20. The standard InChI is InChI=1S/C15H14ClNO2S/c1-8-7-20-14(12(8)16)15(19)17-13-10-5-3-2-4-9(10)6-11(13)18/h2-5,7,11,13,18H,6H2,1H3,(H,17,19)/t11-,13+/m1/s1. The molecule has 1 amide bonds. The summed E-state index contributed by atoms with van der Waals surface area (Å²) < 4.78 is 0. The Morgan fingerprint density at radius 2 is 2.20 bits per heavy atom. The van der Waals surface area contributed by atoms with Gasteiger partial charge in [-0.2, -0.15) is 0 Å². The molecule has 1 heterocycles. The zero-order valence-corrected chi connectivity index (χ0v) is 12.5. The average molecular weight is 308 g/mol. The van der Waals surface area contributed by atoms with E-state index in [-0.39, 0.29) is 11.9 Å². The number of fused-ring (bicyclic) bond motifs is 1. The van der Waals surface area contributed by atoms with Crippen LogP contribution in [0.25, 0.3) is 0 Å². The summed E-state index contributed by atoms with van der Waals surface area (Å²) in [5, 5.41) is 15.4. The Balaban J connectivity index is 1.85. The van der Waals surface area contributed by atoms with Crippen LogP contribution in [0.2, 0.25) is 5.02 Å². The second-order valence-corrected chi connectivity index (χ2v) is 6.24. The molecule has 20 heavy (non-hydrogen) atoms. The summed E-state index contributed by atoms with van der Waals surface area (Å²) >= 11 is 7.44. The van der Waals surface area contributed by atoms with Crippen LogP contribution in [0, 0.1) is 6.92 Å². The number of rotatable bonds is 2. The molecule has 1 aliphatic carbocycles. The van der Waals surface area contributed by atoms with Crippen molar-refractivity contribution in [2.75, 3.05) is 0 Å². The predicted octanol–water partition coefficient (Wildman–Crippen LogP) is 3.10. The lowest BCUT2D eigenvalue weighted by Gasteiger charge is -2.17. The van der Waals surface area contributed by atoms with Crippen LogP contribution in [0.3, 0.4) is 0 Å². The number of aryl methyl sites for hydroxylation is 1. The highest BCUT2D eigenvalue weighted by molar-refractivity contribution is 7.13. The van der Waals surface area contributed by atoms with E-state index in [1.165, 1.54) is 11.3 Å². The van der Waals surface area contributed by atoms with Gasteiger partial charge in [0.25, 0.3) is 5.91 Å². The number of aliphatic hydroxyl groups is 1. The van der Waals surface area contributed by atoms with Crippen LogP contribution in [0.5, 0.6) is 0 Å². The fraction of sp³-hybridized carbons (Fsp3) is 0.267. The number of aliphatic hydroxyl groups excluding tert-OH is 1. The molecule has 2 aromatic rings. The van der Waals surface area contributed by atoms with Crippen molar-refractivity contribution in [2.24, 2.45) is 0 Å². The van der Waals surface area contributed by atoms with Gasteiger partial charge in [-0.05, 0) is 29.0 Å². The first-order valence-corrected chi connectivity index (χ1v) is 7.64. The molecule has 0 aliphatic heterocycles. The van der Waals surface area contributed by atoms with Gasteiger partial charge in [-0.25, -0.2) is 0 Å². The summed E-state index contributed by atoms with van der Waals surface area (Å²) in [4.78, 5) is 12.8. The van der Waals surface area contributed by atoms with E-state index < -0.39 is 6.10 Å². The molecule has 5 heteroatoms. The molecule has 0 saturated heterocycles. The van der Waals surface area contributed by atoms with Crippen molar-refractivity contribution in [3.05, 3.63) is 56.2 Å². The number of benzene rings is 1. The van der Waals surface area contributed by atoms with E-state index in [1.807, 2.05) is 36.6 Å². The first-order chi connectivity index (χ1) is 9.58. The van der Waals surface area contributed by atoms with E-state index in [9.17, 15) is 9.90 Å². The Hall–Kier alpha value is -1.36. The first-order valence-electron chi connectivity index (χ1n) is 6.38. The Kier molecular flexibility index (Phi) is 3.54. The van der Waals surface area contributed by atoms with Crippen molar-refractivity contribution < 1.29 is 9.90 Å². The third-order valence-electron chi connectivity index (χ3n) is 3.60. The zero-order chi connectivity index (χ0) is 14.3. The third kappa shape index (κ3) is 2.24. The highest BCUT2D eigenvalue weighted by Gasteiger charge is 2.32. The first kappa shape index (κ1) is 13.6. The molecule has 0 radical (unpaired) electrons. The van der Waals surface area contributed by atoms with Crippen LogP contribution in [0.15, 0.2) is 29.6 Å². The number of halogens is 1. The number of thiophene rings is 1. The minimum atomic E-state index is -0.587. The molecular weight excluding hydrogens is 294 g/mol. The lowest BCUT2D eigenvalue weighted by molar-refractivity contribution is 0.0862. The monoisotopic (exact) mass is 307 g/mol. The molecule has 0 saturated carbocycles. The molecule has 1 aliphatic rings. The number of hydrogen-bond acceptors (Lipinski definition) is 3. The summed E-state index contributed by atoms with van der Waals surface area (Å²) in [7, 11) is 0. The van der Waals surface area contributed by atoms with Crippen LogP contribution < -0.4 is 5.32 Å². The van der Waals surface area contributed by atoms with E-state index in [0.29, 0.717) is 16.3 Å². The van der Waals surface area contributed by atoms with Crippen molar-refractivity contribution >= 4 is 28.8 Å². The largest absolute Gasteiger partial charge is 0.390 e. The number of nitrogens with one attached hydrogen (secondary N) is 1. The molecule has 0 unspecified atom stereocenters. The molecule has 2 atom stereocenters. The molecule has 2 N–H and O–H groups in total. The van der Waals surface area contributed by atoms with E-state index >= 15 is 0 Å². The lowest BCUT2D eigenvalue weighted by Crippen LogP contribution is -2.33. The molecular formula is C15H14ClNO2S. The van der Waals surface area contributed by atoms with Gasteiger partial charge in [0.2, 0.25) is 0 Å². The molecule has 0 bridgehead atoms. The van der Waals surface area contributed by atoms with Gasteiger partial charge in [0, 0.05) is 6.42 Å². The van der Waals surface area contributed by atoms with Crippen LogP contribution in [0.4, 0.5) is 0 Å². The van der Waals surface area contributed by atoms with Gasteiger partial charge >= 0.3 is 0 Å². The smallest absolute Gasteiger partial charge is 0.263 e. The van der Waals surface area contributed by atoms with Crippen molar-refractivity contribution in [3.63, 3.8) is 0 Å². The van der Waals surface area contributed by atoms with Crippen LogP contribution in [0.1, 0.15) is 32.4 Å². The zero-order valence-electron chi connectivity index (χ0n) is 10.9. The average Bonchev–Trinajstić information content (AvgIpc) is 2.92. The van der Waals surface area contributed by atoms with Crippen molar-refractivity contribution in [2.45, 2.75) is 25.5 Å². The normalized spacial score (nSPS) is 20.8. The molecule has 3 rings (SSSR count). The van der Waals surface area contributed by atoms with Gasteiger partial charge in [-0.1, -0.05) is 35.9 Å². The summed E-state index contributed by atoms with van der Waals surface area (Å²) in [6.45, 7) is 1.87. The topological polar surface area (TPSA) is 49.3 Å². The fourth-order valence-electron chi connectivity index (χ4n) is 2.54. The maximum Gasteiger partial charge on any atom is 0.263 e. The maximum atomic E-state index is 12.3. The summed E-state index contributed by atoms with van der Waals surface area (Å²) in [5.74, 6) is -0.228. The second-order valence-electron chi connectivity index (χ2n) is 4.98. The minimum absolute atomic E-state index is 0.228. The van der Waals surface area contributed by atoms with E-state index in [2.05, 4.69) is 5.32 Å². The Morgan fingerprint density at radius 3 is 2.90 bits per heavy atom. The lowest BCUT2D eigenvalue weighted by atomic mass is 10.1. The van der Waals surface area contributed by atoms with Crippen LogP contribution in [-0.2, 0) is 6.42 Å². The Labute approximate surface area is 126 Å².